The first-order chi connectivity index (χ1) is 17.7. The van der Waals surface area contributed by atoms with E-state index in [-0.39, 0.29) is 5.41 Å². The lowest BCUT2D eigenvalue weighted by Crippen LogP contribution is -2.12. The van der Waals surface area contributed by atoms with Crippen LogP contribution in [0, 0.1) is 12.8 Å². The van der Waals surface area contributed by atoms with Crippen molar-refractivity contribution in [2.75, 3.05) is 0 Å². The summed E-state index contributed by atoms with van der Waals surface area (Å²) in [6.07, 6.45) is 2.92. The number of nitrogens with zero attached hydrogens (tertiary/aromatic N) is 1. The SMILES string of the molecule is Cc1coc2c(-c3ccc(CC(C)C)c4sccc34)cc(-c3cc(C(C)(C)C)c4ccccc4c3)nc12. The molecule has 0 fully saturated rings. The maximum atomic E-state index is 6.13. The lowest BCUT2D eigenvalue weighted by Gasteiger charge is -2.23. The summed E-state index contributed by atoms with van der Waals surface area (Å²) in [6.45, 7) is 13.5. The fourth-order valence-electron chi connectivity index (χ4n) is 5.50. The molecule has 0 radical (unpaired) electrons. The summed E-state index contributed by atoms with van der Waals surface area (Å²) in [6, 6.07) is 22.4. The van der Waals surface area contributed by atoms with E-state index >= 15 is 0 Å². The number of aromatic nitrogens is 1. The fourth-order valence-corrected chi connectivity index (χ4v) is 6.45. The van der Waals surface area contributed by atoms with Gasteiger partial charge in [-0.15, -0.1) is 11.3 Å². The van der Waals surface area contributed by atoms with Crippen molar-refractivity contribution in [3.63, 3.8) is 0 Å². The third-order valence-electron chi connectivity index (χ3n) is 7.28. The zero-order chi connectivity index (χ0) is 25.9. The second kappa shape index (κ2) is 8.85. The molecule has 0 aliphatic heterocycles. The van der Waals surface area contributed by atoms with E-state index in [1.54, 1.807) is 0 Å². The van der Waals surface area contributed by atoms with Crippen LogP contribution in [0.2, 0.25) is 0 Å². The van der Waals surface area contributed by atoms with Crippen LogP contribution in [-0.4, -0.2) is 4.98 Å². The molecule has 3 aromatic heterocycles. The second-order valence-corrected chi connectivity index (χ2v) is 12.6. The first-order valence-corrected chi connectivity index (χ1v) is 14.0. The maximum absolute atomic E-state index is 6.13. The van der Waals surface area contributed by atoms with E-state index in [0.29, 0.717) is 5.92 Å². The zero-order valence-electron chi connectivity index (χ0n) is 22.5. The van der Waals surface area contributed by atoms with Gasteiger partial charge in [0.2, 0.25) is 0 Å². The maximum Gasteiger partial charge on any atom is 0.160 e. The van der Waals surface area contributed by atoms with E-state index in [4.69, 9.17) is 9.40 Å². The van der Waals surface area contributed by atoms with E-state index in [1.807, 2.05) is 17.6 Å². The molecular formula is C34H33NOS. The number of hydrogen-bond acceptors (Lipinski definition) is 3. The van der Waals surface area contributed by atoms with Gasteiger partial charge >= 0.3 is 0 Å². The fraction of sp³-hybridized carbons (Fsp3) is 0.265. The first kappa shape index (κ1) is 23.9. The van der Waals surface area contributed by atoms with Crippen LogP contribution < -0.4 is 0 Å². The van der Waals surface area contributed by atoms with Gasteiger partial charge in [-0.2, -0.15) is 0 Å². The molecule has 0 aliphatic rings. The molecule has 186 valence electrons. The van der Waals surface area contributed by atoms with Crippen molar-refractivity contribution < 1.29 is 4.42 Å². The van der Waals surface area contributed by atoms with Gasteiger partial charge in [0.25, 0.3) is 0 Å². The minimum absolute atomic E-state index is 0.0171. The van der Waals surface area contributed by atoms with Crippen LogP contribution in [0.5, 0.6) is 0 Å². The standard InChI is InChI=1S/C34H33NOS/c1-20(2)15-23-11-12-26(27-13-14-37-33(23)27)28-18-30(35-31-21(3)19-36-32(28)31)24-16-22-9-7-8-10-25(22)29(17-24)34(4,5)6/h7-14,16-20H,15H2,1-6H3. The van der Waals surface area contributed by atoms with E-state index in [2.05, 4.69) is 108 Å². The van der Waals surface area contributed by atoms with Crippen molar-refractivity contribution in [2.24, 2.45) is 5.92 Å². The lowest BCUT2D eigenvalue weighted by molar-refractivity contribution is 0.596. The summed E-state index contributed by atoms with van der Waals surface area (Å²) in [5.41, 5.74) is 10.1. The summed E-state index contributed by atoms with van der Waals surface area (Å²) in [4.78, 5) is 5.15. The molecule has 0 unspecified atom stereocenters. The summed E-state index contributed by atoms with van der Waals surface area (Å²) < 4.78 is 7.51. The quantitative estimate of drug-likeness (QED) is 0.239. The molecule has 0 atom stereocenters. The van der Waals surface area contributed by atoms with Crippen molar-refractivity contribution in [2.45, 2.75) is 53.4 Å². The number of fused-ring (bicyclic) bond motifs is 3. The Bertz CT molecular complexity index is 1780. The van der Waals surface area contributed by atoms with Crippen LogP contribution in [-0.2, 0) is 11.8 Å². The van der Waals surface area contributed by atoms with Crippen LogP contribution in [0.25, 0.3) is 54.3 Å². The van der Waals surface area contributed by atoms with E-state index < -0.39 is 0 Å². The summed E-state index contributed by atoms with van der Waals surface area (Å²) in [5, 5.41) is 6.06. The van der Waals surface area contributed by atoms with Crippen molar-refractivity contribution in [1.29, 1.82) is 0 Å². The van der Waals surface area contributed by atoms with Crippen LogP contribution in [0.15, 0.2) is 76.7 Å². The number of thiophene rings is 1. The van der Waals surface area contributed by atoms with Crippen LogP contribution >= 0.6 is 11.3 Å². The van der Waals surface area contributed by atoms with Gasteiger partial charge in [0, 0.05) is 26.8 Å². The molecule has 6 rings (SSSR count). The largest absolute Gasteiger partial charge is 0.462 e. The van der Waals surface area contributed by atoms with Gasteiger partial charge in [0.05, 0.1) is 12.0 Å². The van der Waals surface area contributed by atoms with Crippen LogP contribution in [0.3, 0.4) is 0 Å². The van der Waals surface area contributed by atoms with Gasteiger partial charge in [-0.25, -0.2) is 4.98 Å². The topological polar surface area (TPSA) is 26.0 Å². The number of furan rings is 1. The molecule has 0 saturated heterocycles. The Morgan fingerprint density at radius 2 is 1.73 bits per heavy atom. The molecule has 0 amide bonds. The van der Waals surface area contributed by atoms with E-state index in [1.165, 1.54) is 37.5 Å². The van der Waals surface area contributed by atoms with Crippen LogP contribution in [0.4, 0.5) is 0 Å². The molecule has 0 spiro atoms. The van der Waals surface area contributed by atoms with Crippen molar-refractivity contribution >= 4 is 43.3 Å². The average Bonchev–Trinajstić information content (AvgIpc) is 3.50. The van der Waals surface area contributed by atoms with Gasteiger partial charge in [0.1, 0.15) is 5.52 Å². The van der Waals surface area contributed by atoms with Gasteiger partial charge in [-0.05, 0) is 81.8 Å². The highest BCUT2D eigenvalue weighted by molar-refractivity contribution is 7.17. The van der Waals surface area contributed by atoms with Crippen molar-refractivity contribution in [1.82, 2.24) is 4.98 Å². The molecule has 37 heavy (non-hydrogen) atoms. The molecule has 2 nitrogen and oxygen atoms in total. The predicted octanol–water partition coefficient (Wildman–Crippen LogP) is 10.3. The summed E-state index contributed by atoms with van der Waals surface area (Å²) in [5.74, 6) is 0.619. The summed E-state index contributed by atoms with van der Waals surface area (Å²) >= 11 is 1.84. The number of hydrogen-bond donors (Lipinski definition) is 0. The second-order valence-electron chi connectivity index (χ2n) is 11.7. The van der Waals surface area contributed by atoms with Crippen LogP contribution in [0.1, 0.15) is 51.3 Å². The Kier molecular flexibility index (Phi) is 5.72. The molecule has 3 heterocycles. The Balaban J connectivity index is 1.62. The van der Waals surface area contributed by atoms with Gasteiger partial charge in [-0.1, -0.05) is 71.0 Å². The Labute approximate surface area is 223 Å². The number of rotatable bonds is 4. The lowest BCUT2D eigenvalue weighted by atomic mass is 9.82. The molecule has 0 N–H and O–H groups in total. The third kappa shape index (κ3) is 4.16. The van der Waals surface area contributed by atoms with Gasteiger partial charge in [-0.3, -0.25) is 0 Å². The minimum atomic E-state index is 0.0171. The number of aryl methyl sites for hydroxylation is 1. The predicted molar refractivity (Wildman–Crippen MR) is 160 cm³/mol. The average molecular weight is 504 g/mol. The minimum Gasteiger partial charge on any atom is -0.462 e. The van der Waals surface area contributed by atoms with Gasteiger partial charge < -0.3 is 4.42 Å². The Morgan fingerprint density at radius 3 is 2.51 bits per heavy atom. The zero-order valence-corrected chi connectivity index (χ0v) is 23.3. The molecule has 3 aromatic carbocycles. The molecule has 3 heteroatoms. The van der Waals surface area contributed by atoms with E-state index in [9.17, 15) is 0 Å². The monoisotopic (exact) mass is 503 g/mol. The highest BCUT2D eigenvalue weighted by Crippen LogP contribution is 2.41. The molecule has 0 saturated carbocycles. The Hall–Kier alpha value is -3.43. The smallest absolute Gasteiger partial charge is 0.160 e. The first-order valence-electron chi connectivity index (χ1n) is 13.1. The van der Waals surface area contributed by atoms with Crippen molar-refractivity contribution in [3.05, 3.63) is 89.0 Å². The molecule has 6 aromatic rings. The van der Waals surface area contributed by atoms with Gasteiger partial charge in [0.15, 0.2) is 5.58 Å². The Morgan fingerprint density at radius 1 is 0.919 bits per heavy atom. The molecule has 0 bridgehead atoms. The van der Waals surface area contributed by atoms with Crippen molar-refractivity contribution in [3.8, 4) is 22.4 Å². The normalized spacial score (nSPS) is 12.4. The number of pyridine rings is 1. The highest BCUT2D eigenvalue weighted by Gasteiger charge is 2.21. The molecule has 0 aliphatic carbocycles. The third-order valence-corrected chi connectivity index (χ3v) is 8.27. The number of benzene rings is 3. The summed E-state index contributed by atoms with van der Waals surface area (Å²) in [7, 11) is 0. The van der Waals surface area contributed by atoms with E-state index in [0.717, 1.165) is 39.9 Å². The highest BCUT2D eigenvalue weighted by atomic mass is 32.1. The molecular weight excluding hydrogens is 470 g/mol.